The van der Waals surface area contributed by atoms with Crippen LogP contribution in [0, 0.1) is 6.92 Å². The molecular weight excluding hydrogens is 442 g/mol. The molecule has 0 saturated carbocycles. The fourth-order valence-electron chi connectivity index (χ4n) is 3.86. The molecule has 0 saturated heterocycles. The number of benzene rings is 1. The van der Waals surface area contributed by atoms with Crippen LogP contribution in [-0.4, -0.2) is 22.0 Å². The van der Waals surface area contributed by atoms with Crippen molar-refractivity contribution in [1.82, 2.24) is 20.3 Å². The van der Waals surface area contributed by atoms with Gasteiger partial charge in [-0.25, -0.2) is 4.98 Å². The lowest BCUT2D eigenvalue weighted by Gasteiger charge is -2.13. The van der Waals surface area contributed by atoms with E-state index < -0.39 is 0 Å². The first-order valence-electron chi connectivity index (χ1n) is 12.0. The Balaban J connectivity index is 1.83. The number of imidazole rings is 1. The summed E-state index contributed by atoms with van der Waals surface area (Å²) in [7, 11) is 1.90. The van der Waals surface area contributed by atoms with Crippen molar-refractivity contribution in [2.45, 2.75) is 26.7 Å². The van der Waals surface area contributed by atoms with Gasteiger partial charge in [0.15, 0.2) is 0 Å². The molecule has 3 rings (SSSR count). The zero-order valence-corrected chi connectivity index (χ0v) is 21.4. The summed E-state index contributed by atoms with van der Waals surface area (Å²) in [6.45, 7) is 15.9. The summed E-state index contributed by atoms with van der Waals surface area (Å²) in [5.74, 6) is 0.896. The zero-order chi connectivity index (χ0) is 25.9. The number of allylic oxidation sites excluding steroid dienone is 7. The zero-order valence-electron chi connectivity index (χ0n) is 21.4. The quantitative estimate of drug-likeness (QED) is 0.252. The minimum absolute atomic E-state index is 0.648. The smallest absolute Gasteiger partial charge is 0.111 e. The number of anilines is 1. The van der Waals surface area contributed by atoms with Crippen molar-refractivity contribution in [3.63, 3.8) is 0 Å². The van der Waals surface area contributed by atoms with Crippen LogP contribution in [0.3, 0.4) is 0 Å². The van der Waals surface area contributed by atoms with Gasteiger partial charge in [-0.05, 0) is 54.8 Å². The maximum absolute atomic E-state index is 4.74. The van der Waals surface area contributed by atoms with Crippen LogP contribution in [0.15, 0.2) is 104 Å². The molecule has 184 valence electrons. The lowest BCUT2D eigenvalue weighted by Crippen LogP contribution is -2.12. The van der Waals surface area contributed by atoms with Gasteiger partial charge in [0.25, 0.3) is 0 Å². The van der Waals surface area contributed by atoms with E-state index in [1.807, 2.05) is 69.6 Å². The van der Waals surface area contributed by atoms with Gasteiger partial charge in [0.05, 0.1) is 23.3 Å². The van der Waals surface area contributed by atoms with Gasteiger partial charge < -0.3 is 15.6 Å². The Labute approximate surface area is 214 Å². The van der Waals surface area contributed by atoms with E-state index in [1.165, 1.54) is 5.56 Å². The Morgan fingerprint density at radius 3 is 2.61 bits per heavy atom. The molecule has 3 N–H and O–H groups in total. The molecule has 0 spiro atoms. The van der Waals surface area contributed by atoms with Gasteiger partial charge in [-0.3, -0.25) is 4.98 Å². The first kappa shape index (κ1) is 26.2. The van der Waals surface area contributed by atoms with Crippen LogP contribution >= 0.6 is 0 Å². The molecule has 5 heteroatoms. The van der Waals surface area contributed by atoms with Crippen LogP contribution in [-0.2, 0) is 12.8 Å². The largest absolute Gasteiger partial charge is 0.387 e. The molecule has 0 unspecified atom stereocenters. The second-order valence-electron chi connectivity index (χ2n) is 8.38. The van der Waals surface area contributed by atoms with E-state index in [2.05, 4.69) is 53.6 Å². The highest BCUT2D eigenvalue weighted by atomic mass is 14.9. The number of hydrogen-bond donors (Lipinski definition) is 3. The minimum atomic E-state index is 0.648. The maximum atomic E-state index is 4.74. The summed E-state index contributed by atoms with van der Waals surface area (Å²) in [4.78, 5) is 12.8. The van der Waals surface area contributed by atoms with Gasteiger partial charge in [-0.2, -0.15) is 0 Å². The Kier molecular flexibility index (Phi) is 9.40. The molecule has 1 aromatic carbocycles. The van der Waals surface area contributed by atoms with Gasteiger partial charge in [-0.15, -0.1) is 0 Å². The summed E-state index contributed by atoms with van der Waals surface area (Å²) < 4.78 is 0. The Morgan fingerprint density at radius 2 is 1.94 bits per heavy atom. The maximum Gasteiger partial charge on any atom is 0.111 e. The number of nitrogens with one attached hydrogen (secondary N) is 3. The average molecular weight is 478 g/mol. The number of nitrogens with zero attached hydrogens (tertiary/aromatic N) is 2. The van der Waals surface area contributed by atoms with E-state index in [0.29, 0.717) is 6.42 Å². The third kappa shape index (κ3) is 7.06. The van der Waals surface area contributed by atoms with Gasteiger partial charge >= 0.3 is 0 Å². The lowest BCUT2D eigenvalue weighted by atomic mass is 10.0. The fourth-order valence-corrected chi connectivity index (χ4v) is 3.86. The van der Waals surface area contributed by atoms with Crippen LogP contribution < -0.4 is 10.6 Å². The third-order valence-electron chi connectivity index (χ3n) is 5.70. The van der Waals surface area contributed by atoms with E-state index in [-0.39, 0.29) is 0 Å². The normalized spacial score (nSPS) is 12.0. The minimum Gasteiger partial charge on any atom is -0.387 e. The molecular formula is C31H35N5. The van der Waals surface area contributed by atoms with Crippen LogP contribution in [0.1, 0.15) is 41.0 Å². The first-order chi connectivity index (χ1) is 17.5. The first-order valence-corrected chi connectivity index (χ1v) is 12.0. The predicted octanol–water partition coefficient (Wildman–Crippen LogP) is 6.76. The molecule has 0 amide bonds. The summed E-state index contributed by atoms with van der Waals surface area (Å²) in [5, 5.41) is 6.64. The topological polar surface area (TPSA) is 65.6 Å². The van der Waals surface area contributed by atoms with Crippen molar-refractivity contribution in [3.8, 4) is 0 Å². The molecule has 36 heavy (non-hydrogen) atoms. The Bertz CT molecular complexity index is 1310. The van der Waals surface area contributed by atoms with E-state index in [0.717, 1.165) is 57.5 Å². The SMILES string of the molecule is C=C/C=C\c1nc(Cc2cc(C(/C=C(\C=C)NC(=C)Cc3ccccc3)=C/C)ncc2NC)[nH]c1C. The number of aryl methyl sites for hydroxylation is 1. The summed E-state index contributed by atoms with van der Waals surface area (Å²) >= 11 is 0. The molecule has 0 aliphatic rings. The molecule has 0 radical (unpaired) electrons. The molecule has 0 atom stereocenters. The van der Waals surface area contributed by atoms with Crippen molar-refractivity contribution in [2.24, 2.45) is 0 Å². The average Bonchev–Trinajstić information content (AvgIpc) is 3.24. The van der Waals surface area contributed by atoms with Crippen LogP contribution in [0.4, 0.5) is 5.69 Å². The van der Waals surface area contributed by atoms with Crippen LogP contribution in [0.25, 0.3) is 11.6 Å². The van der Waals surface area contributed by atoms with Gasteiger partial charge in [-0.1, -0.05) is 68.3 Å². The monoisotopic (exact) mass is 477 g/mol. The van der Waals surface area contributed by atoms with Crippen molar-refractivity contribution in [2.75, 3.05) is 12.4 Å². The van der Waals surface area contributed by atoms with Crippen LogP contribution in [0.5, 0.6) is 0 Å². The van der Waals surface area contributed by atoms with Crippen molar-refractivity contribution < 1.29 is 0 Å². The summed E-state index contributed by atoms with van der Waals surface area (Å²) in [6.07, 6.45) is 14.7. The molecule has 0 fully saturated rings. The number of aromatic amines is 1. The number of H-pyrrole nitrogens is 1. The lowest BCUT2D eigenvalue weighted by molar-refractivity contribution is 0.941. The molecule has 3 aromatic rings. The number of rotatable bonds is 12. The molecule has 2 aromatic heterocycles. The Hall–Kier alpha value is -4.38. The van der Waals surface area contributed by atoms with Crippen molar-refractivity contribution >= 4 is 17.3 Å². The van der Waals surface area contributed by atoms with Crippen LogP contribution in [0.2, 0.25) is 0 Å². The summed E-state index contributed by atoms with van der Waals surface area (Å²) in [5.41, 5.74) is 8.84. The van der Waals surface area contributed by atoms with Gasteiger partial charge in [0, 0.05) is 37.0 Å². The van der Waals surface area contributed by atoms with Gasteiger partial charge in [0.2, 0.25) is 0 Å². The highest BCUT2D eigenvalue weighted by Gasteiger charge is 2.11. The molecule has 0 bridgehead atoms. The van der Waals surface area contributed by atoms with Crippen molar-refractivity contribution in [1.29, 1.82) is 0 Å². The van der Waals surface area contributed by atoms with Crippen molar-refractivity contribution in [3.05, 3.63) is 138 Å². The van der Waals surface area contributed by atoms with E-state index >= 15 is 0 Å². The fraction of sp³-hybridized carbons (Fsp3) is 0.161. The second-order valence-corrected chi connectivity index (χ2v) is 8.38. The highest BCUT2D eigenvalue weighted by molar-refractivity contribution is 5.74. The molecule has 5 nitrogen and oxygen atoms in total. The second kappa shape index (κ2) is 12.9. The molecule has 2 heterocycles. The number of hydrogen-bond acceptors (Lipinski definition) is 4. The third-order valence-corrected chi connectivity index (χ3v) is 5.70. The Morgan fingerprint density at radius 1 is 1.17 bits per heavy atom. The number of aromatic nitrogens is 3. The highest BCUT2D eigenvalue weighted by Crippen LogP contribution is 2.24. The molecule has 0 aliphatic heterocycles. The van der Waals surface area contributed by atoms with E-state index in [1.54, 1.807) is 12.2 Å². The number of pyridine rings is 1. The van der Waals surface area contributed by atoms with E-state index in [9.17, 15) is 0 Å². The van der Waals surface area contributed by atoms with E-state index in [4.69, 9.17) is 9.97 Å². The molecule has 0 aliphatic carbocycles. The standard InChI is InChI=1S/C31H35N5/c1-7-10-16-28-23(5)35-31(36-28)20-26-19-29(33-21-30(26)32-6)25(8-2)18-27(9-3)34-22(4)17-24-14-12-11-13-15-24/h7-16,18-19,21,32,34H,1,3-4,17,20H2,2,5-6H3,(H,35,36)/b16-10-,25-8+,27-18+. The predicted molar refractivity (Wildman–Crippen MR) is 153 cm³/mol. The summed E-state index contributed by atoms with van der Waals surface area (Å²) in [6, 6.07) is 12.4. The van der Waals surface area contributed by atoms with Gasteiger partial charge in [0.1, 0.15) is 5.82 Å².